The zero-order valence-electron chi connectivity index (χ0n) is 10.9. The van der Waals surface area contributed by atoms with Crippen LogP contribution in [0.3, 0.4) is 0 Å². The summed E-state index contributed by atoms with van der Waals surface area (Å²) in [5.74, 6) is 0.128. The molecule has 4 heteroatoms. The van der Waals surface area contributed by atoms with Gasteiger partial charge in [-0.05, 0) is 33.9 Å². The molecule has 3 unspecified atom stereocenters. The first kappa shape index (κ1) is 13.5. The van der Waals surface area contributed by atoms with E-state index < -0.39 is 0 Å². The lowest BCUT2D eigenvalue weighted by Gasteiger charge is -2.31. The van der Waals surface area contributed by atoms with Gasteiger partial charge in [-0.2, -0.15) is 0 Å². The maximum absolute atomic E-state index is 12.2. The van der Waals surface area contributed by atoms with E-state index >= 15 is 0 Å². The summed E-state index contributed by atoms with van der Waals surface area (Å²) in [4.78, 5) is 16.5. The monoisotopic (exact) mass is 227 g/mol. The maximum Gasteiger partial charge on any atom is 0.227 e. The van der Waals surface area contributed by atoms with Crippen molar-refractivity contribution < 1.29 is 4.79 Å². The molecule has 1 fully saturated rings. The fraction of sp³-hybridized carbons (Fsp3) is 0.917. The minimum atomic E-state index is -0.0779. The Morgan fingerprint density at radius 3 is 2.56 bits per heavy atom. The van der Waals surface area contributed by atoms with E-state index in [1.54, 1.807) is 0 Å². The van der Waals surface area contributed by atoms with Crippen LogP contribution in [0.15, 0.2) is 0 Å². The standard InChI is InChI=1S/C12H25N3O/c1-9-8-14(4)6-5-7-15(9)12(16)10(2)11(3)13/h9-11H,5-8,13H2,1-4H3. The van der Waals surface area contributed by atoms with E-state index in [2.05, 4.69) is 18.9 Å². The zero-order chi connectivity index (χ0) is 12.3. The molecule has 0 aromatic carbocycles. The highest BCUT2D eigenvalue weighted by atomic mass is 16.2. The SMILES string of the molecule is CC(N)C(C)C(=O)N1CCCN(C)CC1C. The Kier molecular flexibility index (Phi) is 4.74. The van der Waals surface area contributed by atoms with Crippen molar-refractivity contribution in [3.05, 3.63) is 0 Å². The molecule has 1 amide bonds. The van der Waals surface area contributed by atoms with Gasteiger partial charge in [0.15, 0.2) is 0 Å². The van der Waals surface area contributed by atoms with Crippen LogP contribution in [-0.4, -0.2) is 54.5 Å². The molecule has 0 radical (unpaired) electrons. The molecule has 0 aromatic heterocycles. The molecule has 1 aliphatic heterocycles. The third-order valence-electron chi connectivity index (χ3n) is 3.51. The van der Waals surface area contributed by atoms with Crippen LogP contribution in [-0.2, 0) is 4.79 Å². The van der Waals surface area contributed by atoms with E-state index in [4.69, 9.17) is 5.73 Å². The van der Waals surface area contributed by atoms with Gasteiger partial charge in [0.25, 0.3) is 0 Å². The average Bonchev–Trinajstić information content (AvgIpc) is 2.37. The van der Waals surface area contributed by atoms with Gasteiger partial charge in [-0.3, -0.25) is 4.79 Å². The summed E-state index contributed by atoms with van der Waals surface area (Å²) < 4.78 is 0. The van der Waals surface area contributed by atoms with Gasteiger partial charge in [0.05, 0.1) is 5.92 Å². The van der Waals surface area contributed by atoms with E-state index in [1.807, 2.05) is 18.7 Å². The number of nitrogens with zero attached hydrogens (tertiary/aromatic N) is 2. The average molecular weight is 227 g/mol. The molecule has 1 saturated heterocycles. The summed E-state index contributed by atoms with van der Waals surface area (Å²) in [6.45, 7) is 8.83. The van der Waals surface area contributed by atoms with Crippen molar-refractivity contribution in [2.24, 2.45) is 11.7 Å². The van der Waals surface area contributed by atoms with Gasteiger partial charge in [0.2, 0.25) is 5.91 Å². The Morgan fingerprint density at radius 1 is 1.38 bits per heavy atom. The Morgan fingerprint density at radius 2 is 2.00 bits per heavy atom. The molecule has 0 aliphatic carbocycles. The number of hydrogen-bond acceptors (Lipinski definition) is 3. The molecular weight excluding hydrogens is 202 g/mol. The van der Waals surface area contributed by atoms with Gasteiger partial charge in [-0.15, -0.1) is 0 Å². The van der Waals surface area contributed by atoms with Crippen LogP contribution < -0.4 is 5.73 Å². The van der Waals surface area contributed by atoms with Gasteiger partial charge < -0.3 is 15.5 Å². The van der Waals surface area contributed by atoms with Crippen LogP contribution in [0.2, 0.25) is 0 Å². The number of hydrogen-bond donors (Lipinski definition) is 1. The Hall–Kier alpha value is -0.610. The lowest BCUT2D eigenvalue weighted by Crippen LogP contribution is -2.47. The van der Waals surface area contributed by atoms with Gasteiger partial charge in [-0.1, -0.05) is 6.92 Å². The highest BCUT2D eigenvalue weighted by Crippen LogP contribution is 2.14. The summed E-state index contributed by atoms with van der Waals surface area (Å²) in [6, 6.07) is 0.224. The molecule has 2 N–H and O–H groups in total. The smallest absolute Gasteiger partial charge is 0.227 e. The lowest BCUT2D eigenvalue weighted by atomic mass is 10.0. The third kappa shape index (κ3) is 3.19. The van der Waals surface area contributed by atoms with E-state index in [1.165, 1.54) is 0 Å². The number of rotatable bonds is 2. The molecule has 1 aliphatic rings. The van der Waals surface area contributed by atoms with Crippen LogP contribution in [0.25, 0.3) is 0 Å². The molecule has 3 atom stereocenters. The first-order valence-corrected chi connectivity index (χ1v) is 6.18. The topological polar surface area (TPSA) is 49.6 Å². The first-order chi connectivity index (χ1) is 7.43. The Labute approximate surface area is 98.8 Å². The van der Waals surface area contributed by atoms with E-state index in [0.29, 0.717) is 6.04 Å². The normalized spacial score (nSPS) is 27.3. The van der Waals surface area contributed by atoms with Gasteiger partial charge in [0.1, 0.15) is 0 Å². The molecule has 1 heterocycles. The van der Waals surface area contributed by atoms with Crippen LogP contribution in [0, 0.1) is 5.92 Å². The summed E-state index contributed by atoms with van der Waals surface area (Å²) in [5, 5.41) is 0. The Bertz CT molecular complexity index is 242. The molecule has 16 heavy (non-hydrogen) atoms. The summed E-state index contributed by atoms with van der Waals surface area (Å²) in [6.07, 6.45) is 1.05. The van der Waals surface area contributed by atoms with E-state index in [9.17, 15) is 4.79 Å². The van der Waals surface area contributed by atoms with Crippen LogP contribution in [0.4, 0.5) is 0 Å². The lowest BCUT2D eigenvalue weighted by molar-refractivity contribution is -0.137. The number of carbonyl (C=O) groups is 1. The van der Waals surface area contributed by atoms with Crippen LogP contribution in [0.5, 0.6) is 0 Å². The number of likely N-dealkylation sites (N-methyl/N-ethyl adjacent to an activating group) is 1. The number of amides is 1. The van der Waals surface area contributed by atoms with Gasteiger partial charge in [-0.25, -0.2) is 0 Å². The molecule has 0 bridgehead atoms. The summed E-state index contributed by atoms with van der Waals surface area (Å²) in [5.41, 5.74) is 5.80. The van der Waals surface area contributed by atoms with Crippen molar-refractivity contribution in [2.45, 2.75) is 39.3 Å². The highest BCUT2D eigenvalue weighted by molar-refractivity contribution is 5.79. The minimum absolute atomic E-state index is 0.0688. The molecular formula is C12H25N3O. The first-order valence-electron chi connectivity index (χ1n) is 6.18. The minimum Gasteiger partial charge on any atom is -0.338 e. The van der Waals surface area contributed by atoms with Crippen molar-refractivity contribution in [1.82, 2.24) is 9.80 Å². The summed E-state index contributed by atoms with van der Waals surface area (Å²) >= 11 is 0. The quantitative estimate of drug-likeness (QED) is 0.748. The second kappa shape index (κ2) is 5.64. The van der Waals surface area contributed by atoms with Gasteiger partial charge >= 0.3 is 0 Å². The highest BCUT2D eigenvalue weighted by Gasteiger charge is 2.28. The predicted molar refractivity (Wildman–Crippen MR) is 66.1 cm³/mol. The van der Waals surface area contributed by atoms with Crippen molar-refractivity contribution >= 4 is 5.91 Å². The molecule has 94 valence electrons. The molecule has 1 rings (SSSR count). The number of nitrogens with two attached hydrogens (primary N) is 1. The predicted octanol–water partition coefficient (Wildman–Crippen LogP) is 0.522. The van der Waals surface area contributed by atoms with Crippen molar-refractivity contribution in [3.8, 4) is 0 Å². The van der Waals surface area contributed by atoms with Crippen molar-refractivity contribution in [2.75, 3.05) is 26.7 Å². The maximum atomic E-state index is 12.2. The zero-order valence-corrected chi connectivity index (χ0v) is 10.9. The van der Waals surface area contributed by atoms with Gasteiger partial charge in [0, 0.05) is 25.2 Å². The molecule has 0 spiro atoms. The van der Waals surface area contributed by atoms with Crippen LogP contribution in [0.1, 0.15) is 27.2 Å². The largest absolute Gasteiger partial charge is 0.338 e. The van der Waals surface area contributed by atoms with E-state index in [-0.39, 0.29) is 17.9 Å². The molecule has 0 saturated carbocycles. The fourth-order valence-electron chi connectivity index (χ4n) is 2.19. The Balaban J connectivity index is 2.67. The molecule has 4 nitrogen and oxygen atoms in total. The molecule has 0 aromatic rings. The van der Waals surface area contributed by atoms with E-state index in [0.717, 1.165) is 26.1 Å². The van der Waals surface area contributed by atoms with Crippen molar-refractivity contribution in [3.63, 3.8) is 0 Å². The third-order valence-corrected chi connectivity index (χ3v) is 3.51. The van der Waals surface area contributed by atoms with Crippen LogP contribution >= 0.6 is 0 Å². The second-order valence-corrected chi connectivity index (χ2v) is 5.14. The number of carbonyl (C=O) groups excluding carboxylic acids is 1. The van der Waals surface area contributed by atoms with Crippen molar-refractivity contribution in [1.29, 1.82) is 0 Å². The summed E-state index contributed by atoms with van der Waals surface area (Å²) in [7, 11) is 2.11. The fourth-order valence-corrected chi connectivity index (χ4v) is 2.19. The second-order valence-electron chi connectivity index (χ2n) is 5.14.